The average molecular weight is 483 g/mol. The van der Waals surface area contributed by atoms with Gasteiger partial charge >= 0.3 is 0 Å². The highest BCUT2D eigenvalue weighted by molar-refractivity contribution is 7.07. The highest BCUT2D eigenvalue weighted by Crippen LogP contribution is 2.34. The third-order valence-electron chi connectivity index (χ3n) is 5.76. The smallest absolute Gasteiger partial charge is 0.294 e. The normalized spacial score (nSPS) is 14.0. The summed E-state index contributed by atoms with van der Waals surface area (Å²) in [6, 6.07) is 12.0. The van der Waals surface area contributed by atoms with Crippen molar-refractivity contribution in [2.75, 3.05) is 27.3 Å². The van der Waals surface area contributed by atoms with Crippen LogP contribution in [0.5, 0.6) is 11.5 Å². The monoisotopic (exact) mass is 482 g/mol. The number of likely N-dealkylation sites (tertiary alicyclic amines) is 1. The van der Waals surface area contributed by atoms with Crippen molar-refractivity contribution in [3.05, 3.63) is 62.8 Å². The number of carbonyl (C=O) groups is 1. The summed E-state index contributed by atoms with van der Waals surface area (Å²) in [6.45, 7) is 2.03. The van der Waals surface area contributed by atoms with Crippen LogP contribution in [0, 0.1) is 10.1 Å². The summed E-state index contributed by atoms with van der Waals surface area (Å²) in [6.07, 6.45) is 2.23. The Kier molecular flexibility index (Phi) is 7.27. The fourth-order valence-electron chi connectivity index (χ4n) is 4.04. The van der Waals surface area contributed by atoms with Gasteiger partial charge in [0, 0.05) is 43.1 Å². The number of nitro benzene ring substituents is 1. The van der Waals surface area contributed by atoms with Crippen LogP contribution in [-0.4, -0.2) is 47.6 Å². The Hall–Kier alpha value is -3.66. The molecule has 10 heteroatoms. The lowest BCUT2D eigenvalue weighted by atomic mass is 10.1. The molecule has 1 saturated heterocycles. The second-order valence-corrected chi connectivity index (χ2v) is 8.65. The van der Waals surface area contributed by atoms with Crippen molar-refractivity contribution in [1.29, 1.82) is 0 Å². The van der Waals surface area contributed by atoms with Crippen molar-refractivity contribution in [2.45, 2.75) is 25.8 Å². The van der Waals surface area contributed by atoms with Crippen LogP contribution in [0.4, 0.5) is 11.4 Å². The fourth-order valence-corrected chi connectivity index (χ4v) is 4.98. The summed E-state index contributed by atoms with van der Waals surface area (Å²) in [7, 11) is 3.22. The minimum atomic E-state index is -0.429. The van der Waals surface area contributed by atoms with Crippen LogP contribution in [0.1, 0.15) is 19.3 Å². The predicted molar refractivity (Wildman–Crippen MR) is 130 cm³/mol. The van der Waals surface area contributed by atoms with Gasteiger partial charge in [0.25, 0.3) is 5.69 Å². The van der Waals surface area contributed by atoms with Crippen LogP contribution in [0.15, 0.2) is 52.8 Å². The van der Waals surface area contributed by atoms with Crippen molar-refractivity contribution in [3.8, 4) is 22.8 Å². The van der Waals surface area contributed by atoms with Gasteiger partial charge in [-0.25, -0.2) is 4.99 Å². The summed E-state index contributed by atoms with van der Waals surface area (Å²) >= 11 is 1.40. The quantitative estimate of drug-likeness (QED) is 0.333. The second-order valence-electron chi connectivity index (χ2n) is 7.82. The molecule has 0 unspecified atom stereocenters. The molecule has 1 aliphatic heterocycles. The van der Waals surface area contributed by atoms with Gasteiger partial charge in [-0.3, -0.25) is 14.9 Å². The Morgan fingerprint density at radius 1 is 1.15 bits per heavy atom. The van der Waals surface area contributed by atoms with Crippen LogP contribution in [0.3, 0.4) is 0 Å². The number of amides is 1. The first kappa shape index (κ1) is 23.5. The molecule has 9 nitrogen and oxygen atoms in total. The van der Waals surface area contributed by atoms with E-state index in [9.17, 15) is 14.9 Å². The molecule has 1 amide bonds. The molecule has 0 aliphatic carbocycles. The number of nitrogens with zero attached hydrogens (tertiary/aromatic N) is 4. The zero-order valence-corrected chi connectivity index (χ0v) is 19.9. The number of rotatable bonds is 9. The Morgan fingerprint density at radius 3 is 2.68 bits per heavy atom. The molecule has 0 bridgehead atoms. The molecule has 1 fully saturated rings. The Morgan fingerprint density at radius 2 is 1.97 bits per heavy atom. The van der Waals surface area contributed by atoms with E-state index in [1.165, 1.54) is 17.4 Å². The molecule has 1 aromatic heterocycles. The third kappa shape index (κ3) is 4.96. The van der Waals surface area contributed by atoms with E-state index in [0.29, 0.717) is 41.5 Å². The number of thiazole rings is 1. The minimum Gasteiger partial charge on any atom is -0.497 e. The Balaban J connectivity index is 1.78. The number of nitro groups is 1. The van der Waals surface area contributed by atoms with E-state index in [0.717, 1.165) is 30.6 Å². The summed E-state index contributed by atoms with van der Waals surface area (Å²) in [5.41, 5.74) is 1.94. The van der Waals surface area contributed by atoms with E-state index in [1.54, 1.807) is 32.4 Å². The molecular weight excluding hydrogens is 456 g/mol. The molecule has 3 aromatic rings. The van der Waals surface area contributed by atoms with Crippen LogP contribution < -0.4 is 14.3 Å². The lowest BCUT2D eigenvalue weighted by Crippen LogP contribution is -2.27. The molecule has 0 spiro atoms. The number of hydrogen-bond acceptors (Lipinski definition) is 7. The van der Waals surface area contributed by atoms with E-state index in [4.69, 9.17) is 9.47 Å². The number of aromatic nitrogens is 1. The van der Waals surface area contributed by atoms with Gasteiger partial charge < -0.3 is 18.9 Å². The van der Waals surface area contributed by atoms with E-state index >= 15 is 0 Å². The zero-order valence-electron chi connectivity index (χ0n) is 19.1. The van der Waals surface area contributed by atoms with Crippen molar-refractivity contribution < 1.29 is 19.2 Å². The highest BCUT2D eigenvalue weighted by Gasteiger charge is 2.20. The molecule has 2 aromatic carbocycles. The van der Waals surface area contributed by atoms with Crippen molar-refractivity contribution in [1.82, 2.24) is 9.47 Å². The average Bonchev–Trinajstić information content (AvgIpc) is 3.44. The summed E-state index contributed by atoms with van der Waals surface area (Å²) in [5.74, 6) is 1.56. The van der Waals surface area contributed by atoms with Gasteiger partial charge in [0.15, 0.2) is 4.80 Å². The molecule has 0 radical (unpaired) electrons. The minimum absolute atomic E-state index is 0.0503. The van der Waals surface area contributed by atoms with Gasteiger partial charge in [0.1, 0.15) is 17.2 Å². The summed E-state index contributed by atoms with van der Waals surface area (Å²) in [4.78, 5) is 30.3. The van der Waals surface area contributed by atoms with Crippen LogP contribution in [0.25, 0.3) is 11.3 Å². The molecule has 0 saturated carbocycles. The largest absolute Gasteiger partial charge is 0.497 e. The molecule has 0 atom stereocenters. The van der Waals surface area contributed by atoms with Crippen LogP contribution in [-0.2, 0) is 11.3 Å². The molecular formula is C24H26N4O5S. The predicted octanol–water partition coefficient (Wildman–Crippen LogP) is 4.39. The topological polar surface area (TPSA) is 99.2 Å². The molecule has 1 aliphatic rings. The van der Waals surface area contributed by atoms with Crippen molar-refractivity contribution in [2.24, 2.45) is 4.99 Å². The van der Waals surface area contributed by atoms with Gasteiger partial charge in [0.2, 0.25) is 5.91 Å². The van der Waals surface area contributed by atoms with Crippen molar-refractivity contribution >= 4 is 28.6 Å². The molecule has 4 rings (SSSR count). The maximum Gasteiger partial charge on any atom is 0.294 e. The van der Waals surface area contributed by atoms with Crippen LogP contribution >= 0.6 is 11.3 Å². The third-order valence-corrected chi connectivity index (χ3v) is 6.62. The summed E-state index contributed by atoms with van der Waals surface area (Å²) < 4.78 is 13.0. The lowest BCUT2D eigenvalue weighted by molar-refractivity contribution is -0.384. The molecule has 2 heterocycles. The number of para-hydroxylation sites is 2. The molecule has 34 heavy (non-hydrogen) atoms. The van der Waals surface area contributed by atoms with Gasteiger partial charge in [-0.15, -0.1) is 11.3 Å². The van der Waals surface area contributed by atoms with Gasteiger partial charge in [-0.05, 0) is 37.1 Å². The first-order chi connectivity index (χ1) is 16.5. The van der Waals surface area contributed by atoms with Gasteiger partial charge in [0.05, 0.1) is 24.8 Å². The van der Waals surface area contributed by atoms with E-state index in [1.807, 2.05) is 33.0 Å². The number of ether oxygens (including phenoxy) is 2. The maximum atomic E-state index is 12.0. The standard InChI is InChI=1S/C24H26N4O5S/c1-32-17-10-11-22(33-2)18(15-17)21-16-34-24(25-19-7-3-4-8-20(19)28(30)31)27(21)14-6-13-26-12-5-9-23(26)29/h3-4,7-8,10-11,15-16H,5-6,9,12-14H2,1-2H3. The van der Waals surface area contributed by atoms with Crippen LogP contribution in [0.2, 0.25) is 0 Å². The lowest BCUT2D eigenvalue weighted by Gasteiger charge is -2.17. The summed E-state index contributed by atoms with van der Waals surface area (Å²) in [5, 5.41) is 13.5. The molecule has 178 valence electrons. The van der Waals surface area contributed by atoms with Crippen molar-refractivity contribution in [3.63, 3.8) is 0 Å². The van der Waals surface area contributed by atoms with Gasteiger partial charge in [-0.2, -0.15) is 0 Å². The first-order valence-electron chi connectivity index (χ1n) is 11.0. The van der Waals surface area contributed by atoms with E-state index < -0.39 is 4.92 Å². The molecule has 0 N–H and O–H groups in total. The van der Waals surface area contributed by atoms with E-state index in [-0.39, 0.29) is 11.6 Å². The number of benzene rings is 2. The SMILES string of the molecule is COc1ccc(OC)c(-c2csc(=Nc3ccccc3[N+](=O)[O-])n2CCCN2CCCC2=O)c1. The number of methoxy groups -OCH3 is 2. The number of carbonyl (C=O) groups excluding carboxylic acids is 1. The Bertz CT molecular complexity index is 1270. The second kappa shape index (κ2) is 10.5. The van der Waals surface area contributed by atoms with E-state index in [2.05, 4.69) is 4.99 Å². The zero-order chi connectivity index (χ0) is 24.1. The maximum absolute atomic E-state index is 12.0. The fraction of sp³-hybridized carbons (Fsp3) is 0.333. The Labute approximate surface area is 201 Å². The highest BCUT2D eigenvalue weighted by atomic mass is 32.1. The first-order valence-corrected chi connectivity index (χ1v) is 11.9. The van der Waals surface area contributed by atoms with Gasteiger partial charge in [-0.1, -0.05) is 12.1 Å². The number of hydrogen-bond donors (Lipinski definition) is 0.